The van der Waals surface area contributed by atoms with E-state index < -0.39 is 22.5 Å². The quantitative estimate of drug-likeness (QED) is 0.376. The monoisotopic (exact) mass is 434 g/mol. The van der Waals surface area contributed by atoms with Crippen molar-refractivity contribution in [3.05, 3.63) is 54.1 Å². The predicted molar refractivity (Wildman–Crippen MR) is 115 cm³/mol. The van der Waals surface area contributed by atoms with E-state index in [1.165, 1.54) is 44.5 Å². The molecule has 0 aromatic heterocycles. The van der Waals surface area contributed by atoms with E-state index in [-0.39, 0.29) is 10.8 Å². The minimum Gasteiger partial charge on any atom is -0.326 e. The van der Waals surface area contributed by atoms with E-state index >= 15 is 0 Å². The van der Waals surface area contributed by atoms with Gasteiger partial charge in [0, 0.05) is 24.6 Å². The van der Waals surface area contributed by atoms with Gasteiger partial charge in [-0.3, -0.25) is 9.59 Å². The number of rotatable bonds is 8. The Bertz CT molecular complexity index is 988. The fourth-order valence-electron chi connectivity index (χ4n) is 2.28. The molecular formula is C19H22N4O4S2. The Morgan fingerprint density at radius 1 is 1.10 bits per heavy atom. The van der Waals surface area contributed by atoms with Crippen LogP contribution >= 0.6 is 11.8 Å². The molecule has 2 aromatic rings. The number of amides is 2. The second-order valence-electron chi connectivity index (χ2n) is 6.03. The minimum absolute atomic E-state index is 0.0132. The van der Waals surface area contributed by atoms with E-state index in [2.05, 4.69) is 15.8 Å². The zero-order chi connectivity index (χ0) is 21.4. The lowest BCUT2D eigenvalue weighted by Gasteiger charge is -2.16. The fraction of sp³-hybridized carbons (Fsp3) is 0.211. The summed E-state index contributed by atoms with van der Waals surface area (Å²) in [5, 5.41) is 6.41. The molecule has 10 heteroatoms. The summed E-state index contributed by atoms with van der Waals surface area (Å²) in [6.07, 6.45) is 3.46. The summed E-state index contributed by atoms with van der Waals surface area (Å²) in [6.45, 7) is 0.970. The summed E-state index contributed by atoms with van der Waals surface area (Å²) in [7, 11) is -2.55. The standard InChI is InChI=1S/C19H22N4O4S2/c1-14(24)21-16-6-10-18(11-7-16)29(26,27)23(2)13-19(25)22-20-12-15-4-8-17(28-3)9-5-15/h4-12H,13H2,1-3H3,(H,21,24)(H,22,25)/b20-12-. The first kappa shape index (κ1) is 22.6. The Labute approximate surface area is 174 Å². The molecule has 0 heterocycles. The van der Waals surface area contributed by atoms with Crippen LogP contribution in [0.25, 0.3) is 0 Å². The van der Waals surface area contributed by atoms with Crippen LogP contribution in [0.3, 0.4) is 0 Å². The lowest BCUT2D eigenvalue weighted by Crippen LogP contribution is -2.36. The van der Waals surface area contributed by atoms with Crippen LogP contribution in [0.5, 0.6) is 0 Å². The second kappa shape index (κ2) is 10.2. The van der Waals surface area contributed by atoms with Crippen LogP contribution in [-0.4, -0.2) is 50.6 Å². The number of sulfonamides is 1. The van der Waals surface area contributed by atoms with Crippen molar-refractivity contribution in [3.63, 3.8) is 0 Å². The third-order valence-electron chi connectivity index (χ3n) is 3.77. The summed E-state index contributed by atoms with van der Waals surface area (Å²) >= 11 is 1.62. The minimum atomic E-state index is -3.86. The zero-order valence-corrected chi connectivity index (χ0v) is 17.9. The van der Waals surface area contributed by atoms with E-state index in [4.69, 9.17) is 0 Å². The summed E-state index contributed by atoms with van der Waals surface area (Å²) in [4.78, 5) is 24.2. The summed E-state index contributed by atoms with van der Waals surface area (Å²) in [5.74, 6) is -0.821. The lowest BCUT2D eigenvalue weighted by atomic mass is 10.2. The first-order valence-electron chi connectivity index (χ1n) is 8.52. The average Bonchev–Trinajstić information content (AvgIpc) is 2.68. The first-order chi connectivity index (χ1) is 13.7. The van der Waals surface area contributed by atoms with Crippen LogP contribution in [0.4, 0.5) is 5.69 Å². The van der Waals surface area contributed by atoms with Gasteiger partial charge in [-0.2, -0.15) is 9.41 Å². The highest BCUT2D eigenvalue weighted by molar-refractivity contribution is 7.98. The molecule has 2 aromatic carbocycles. The smallest absolute Gasteiger partial charge is 0.255 e. The maximum absolute atomic E-state index is 12.6. The number of carbonyl (C=O) groups excluding carboxylic acids is 2. The number of carbonyl (C=O) groups is 2. The molecule has 0 fully saturated rings. The zero-order valence-electron chi connectivity index (χ0n) is 16.2. The van der Waals surface area contributed by atoms with Crippen molar-refractivity contribution in [1.29, 1.82) is 0 Å². The number of nitrogens with one attached hydrogen (secondary N) is 2. The third kappa shape index (κ3) is 6.70. The molecule has 0 saturated heterocycles. The molecule has 2 amide bonds. The van der Waals surface area contributed by atoms with Crippen LogP contribution < -0.4 is 10.7 Å². The summed E-state index contributed by atoms with van der Waals surface area (Å²) in [5.41, 5.74) is 3.61. The number of hydrazone groups is 1. The number of anilines is 1. The van der Waals surface area contributed by atoms with Gasteiger partial charge in [0.2, 0.25) is 15.9 Å². The molecule has 0 bridgehead atoms. The molecule has 154 valence electrons. The van der Waals surface area contributed by atoms with E-state index in [1.54, 1.807) is 11.8 Å². The van der Waals surface area contributed by atoms with Gasteiger partial charge in [0.15, 0.2) is 0 Å². The maximum atomic E-state index is 12.6. The SMILES string of the molecule is CSc1ccc(/C=N\NC(=O)CN(C)S(=O)(=O)c2ccc(NC(C)=O)cc2)cc1. The fourth-order valence-corrected chi connectivity index (χ4v) is 3.82. The Hall–Kier alpha value is -2.69. The Morgan fingerprint density at radius 3 is 2.28 bits per heavy atom. The molecular weight excluding hydrogens is 412 g/mol. The van der Waals surface area contributed by atoms with E-state index in [0.29, 0.717) is 5.69 Å². The largest absolute Gasteiger partial charge is 0.326 e. The number of hydrogen-bond donors (Lipinski definition) is 2. The summed E-state index contributed by atoms with van der Waals surface area (Å²) < 4.78 is 26.1. The van der Waals surface area contributed by atoms with Gasteiger partial charge in [-0.15, -0.1) is 11.8 Å². The molecule has 0 spiro atoms. The molecule has 29 heavy (non-hydrogen) atoms. The Kier molecular flexibility index (Phi) is 7.94. The van der Waals surface area contributed by atoms with Crippen molar-refractivity contribution in [2.45, 2.75) is 16.7 Å². The number of nitrogens with zero attached hydrogens (tertiary/aromatic N) is 2. The molecule has 0 aliphatic heterocycles. The predicted octanol–water partition coefficient (Wildman–Crippen LogP) is 2.14. The van der Waals surface area contributed by atoms with Crippen molar-refractivity contribution in [2.24, 2.45) is 5.10 Å². The highest BCUT2D eigenvalue weighted by atomic mass is 32.2. The van der Waals surface area contributed by atoms with Gasteiger partial charge < -0.3 is 5.32 Å². The maximum Gasteiger partial charge on any atom is 0.255 e. The molecule has 0 saturated carbocycles. The Balaban J connectivity index is 1.94. The van der Waals surface area contributed by atoms with Crippen molar-refractivity contribution in [2.75, 3.05) is 25.2 Å². The third-order valence-corrected chi connectivity index (χ3v) is 6.33. The molecule has 8 nitrogen and oxygen atoms in total. The van der Waals surface area contributed by atoms with Gasteiger partial charge in [0.25, 0.3) is 5.91 Å². The first-order valence-corrected chi connectivity index (χ1v) is 11.2. The molecule has 0 atom stereocenters. The van der Waals surface area contributed by atoms with Crippen molar-refractivity contribution in [1.82, 2.24) is 9.73 Å². The molecule has 0 aliphatic rings. The second-order valence-corrected chi connectivity index (χ2v) is 8.96. The van der Waals surface area contributed by atoms with Crippen LogP contribution in [0, 0.1) is 0 Å². The normalized spacial score (nSPS) is 11.6. The molecule has 2 rings (SSSR count). The van der Waals surface area contributed by atoms with Gasteiger partial charge in [0.1, 0.15) is 0 Å². The van der Waals surface area contributed by atoms with Crippen LogP contribution in [0.15, 0.2) is 63.4 Å². The van der Waals surface area contributed by atoms with E-state index in [0.717, 1.165) is 14.8 Å². The highest BCUT2D eigenvalue weighted by Crippen LogP contribution is 2.17. The Morgan fingerprint density at radius 2 is 1.72 bits per heavy atom. The van der Waals surface area contributed by atoms with E-state index in [1.807, 2.05) is 30.5 Å². The van der Waals surface area contributed by atoms with Crippen LogP contribution in [-0.2, 0) is 19.6 Å². The molecule has 0 radical (unpaired) electrons. The lowest BCUT2D eigenvalue weighted by molar-refractivity contribution is -0.121. The molecule has 0 aliphatic carbocycles. The van der Waals surface area contributed by atoms with Gasteiger partial charge in [-0.25, -0.2) is 13.8 Å². The average molecular weight is 435 g/mol. The number of thioether (sulfide) groups is 1. The summed E-state index contributed by atoms with van der Waals surface area (Å²) in [6, 6.07) is 13.3. The molecule has 0 unspecified atom stereocenters. The van der Waals surface area contributed by atoms with Crippen molar-refractivity contribution < 1.29 is 18.0 Å². The number of hydrogen-bond acceptors (Lipinski definition) is 6. The van der Waals surface area contributed by atoms with Crippen LogP contribution in [0.2, 0.25) is 0 Å². The van der Waals surface area contributed by atoms with Gasteiger partial charge in [-0.1, -0.05) is 12.1 Å². The van der Waals surface area contributed by atoms with Gasteiger partial charge in [0.05, 0.1) is 17.7 Å². The topological polar surface area (TPSA) is 108 Å². The van der Waals surface area contributed by atoms with Gasteiger partial charge >= 0.3 is 0 Å². The van der Waals surface area contributed by atoms with Crippen molar-refractivity contribution >= 4 is 45.5 Å². The van der Waals surface area contributed by atoms with Crippen molar-refractivity contribution in [3.8, 4) is 0 Å². The van der Waals surface area contributed by atoms with E-state index in [9.17, 15) is 18.0 Å². The number of benzene rings is 2. The highest BCUT2D eigenvalue weighted by Gasteiger charge is 2.22. The van der Waals surface area contributed by atoms with Crippen LogP contribution in [0.1, 0.15) is 12.5 Å². The van der Waals surface area contributed by atoms with Gasteiger partial charge in [-0.05, 0) is 48.2 Å². The molecule has 2 N–H and O–H groups in total. The number of likely N-dealkylation sites (N-methyl/N-ethyl adjacent to an activating group) is 1.